The van der Waals surface area contributed by atoms with Crippen LogP contribution in [0.3, 0.4) is 0 Å². The number of carbonyl (C=O) groups is 1. The van der Waals surface area contributed by atoms with Crippen molar-refractivity contribution in [2.45, 2.75) is 19.5 Å². The molecular weight excluding hydrogens is 352 g/mol. The Morgan fingerprint density at radius 2 is 2.00 bits per heavy atom. The van der Waals surface area contributed by atoms with Crippen molar-refractivity contribution in [1.82, 2.24) is 20.0 Å². The summed E-state index contributed by atoms with van der Waals surface area (Å²) >= 11 is 0. The van der Waals surface area contributed by atoms with Gasteiger partial charge in [0.2, 0.25) is 5.91 Å². The molecular formula is C22H26N4O2. The number of nitrogens with zero attached hydrogens (tertiary/aromatic N) is 3. The van der Waals surface area contributed by atoms with Crippen molar-refractivity contribution in [2.24, 2.45) is 0 Å². The Bertz CT molecular complexity index is 949. The van der Waals surface area contributed by atoms with Crippen LogP contribution in [0.15, 0.2) is 60.9 Å². The number of hydrogen-bond acceptors (Lipinski definition) is 4. The molecule has 0 bridgehead atoms. The number of carbonyl (C=O) groups excluding carboxylic acids is 1. The maximum atomic E-state index is 12.8. The Morgan fingerprint density at radius 1 is 1.21 bits per heavy atom. The molecule has 0 unspecified atom stereocenters. The Kier molecular flexibility index (Phi) is 6.11. The first-order valence-corrected chi connectivity index (χ1v) is 9.16. The van der Waals surface area contributed by atoms with E-state index in [4.69, 9.17) is 4.74 Å². The molecule has 3 aromatic rings. The lowest BCUT2D eigenvalue weighted by molar-refractivity contribution is -0.125. The number of nitrogens with one attached hydrogen (secondary N) is 1. The van der Waals surface area contributed by atoms with Crippen LogP contribution in [0.4, 0.5) is 0 Å². The minimum absolute atomic E-state index is 0.0373. The normalized spacial score (nSPS) is 12.0. The maximum absolute atomic E-state index is 12.8. The van der Waals surface area contributed by atoms with E-state index in [-0.39, 0.29) is 11.9 Å². The maximum Gasteiger partial charge on any atom is 0.242 e. The quantitative estimate of drug-likeness (QED) is 0.686. The lowest BCUT2D eigenvalue weighted by Gasteiger charge is -2.24. The van der Waals surface area contributed by atoms with Gasteiger partial charge in [0, 0.05) is 24.4 Å². The summed E-state index contributed by atoms with van der Waals surface area (Å²) < 4.78 is 7.03. The fourth-order valence-electron chi connectivity index (χ4n) is 3.16. The number of aromatic nitrogens is 2. The van der Waals surface area contributed by atoms with Gasteiger partial charge in [0.1, 0.15) is 11.8 Å². The average molecular weight is 378 g/mol. The second-order valence-electron chi connectivity index (χ2n) is 6.99. The van der Waals surface area contributed by atoms with Gasteiger partial charge in [0.25, 0.3) is 0 Å². The molecule has 1 aromatic heterocycles. The third-order valence-corrected chi connectivity index (χ3v) is 4.54. The van der Waals surface area contributed by atoms with Gasteiger partial charge in [0.05, 0.1) is 19.0 Å². The summed E-state index contributed by atoms with van der Waals surface area (Å²) in [6.45, 7) is 2.44. The van der Waals surface area contributed by atoms with Gasteiger partial charge < -0.3 is 10.1 Å². The van der Waals surface area contributed by atoms with Gasteiger partial charge in [-0.25, -0.2) is 4.68 Å². The van der Waals surface area contributed by atoms with Crippen LogP contribution in [0, 0.1) is 6.92 Å². The molecule has 0 saturated heterocycles. The summed E-state index contributed by atoms with van der Waals surface area (Å²) in [4.78, 5) is 14.8. The average Bonchev–Trinajstić information content (AvgIpc) is 3.15. The number of methoxy groups -OCH3 is 1. The molecule has 6 nitrogen and oxygen atoms in total. The second kappa shape index (κ2) is 8.71. The van der Waals surface area contributed by atoms with Gasteiger partial charge in [0.15, 0.2) is 0 Å². The van der Waals surface area contributed by atoms with Crippen molar-refractivity contribution in [3.05, 3.63) is 77.6 Å². The highest BCUT2D eigenvalue weighted by atomic mass is 16.5. The zero-order valence-corrected chi connectivity index (χ0v) is 16.7. The Balaban J connectivity index is 1.69. The minimum atomic E-state index is -0.340. The van der Waals surface area contributed by atoms with Crippen LogP contribution in [0.1, 0.15) is 22.7 Å². The molecule has 146 valence electrons. The Labute approximate surface area is 165 Å². The molecule has 3 rings (SSSR count). The molecule has 0 fully saturated rings. The van der Waals surface area contributed by atoms with E-state index in [1.54, 1.807) is 18.0 Å². The summed E-state index contributed by atoms with van der Waals surface area (Å²) in [6, 6.07) is 15.4. The van der Waals surface area contributed by atoms with Gasteiger partial charge in [-0.15, -0.1) is 0 Å². The first-order chi connectivity index (χ1) is 13.5. The summed E-state index contributed by atoms with van der Waals surface area (Å²) in [7, 11) is 5.46. The molecule has 1 heterocycles. The highest BCUT2D eigenvalue weighted by molar-refractivity contribution is 5.83. The van der Waals surface area contributed by atoms with Crippen LogP contribution in [0.25, 0.3) is 5.69 Å². The van der Waals surface area contributed by atoms with E-state index in [0.717, 1.165) is 28.1 Å². The molecule has 1 amide bonds. The van der Waals surface area contributed by atoms with E-state index in [9.17, 15) is 4.79 Å². The number of benzene rings is 2. The third-order valence-electron chi connectivity index (χ3n) is 4.54. The van der Waals surface area contributed by atoms with Crippen molar-refractivity contribution < 1.29 is 9.53 Å². The summed E-state index contributed by atoms with van der Waals surface area (Å²) in [5.74, 6) is 0.736. The highest BCUT2D eigenvalue weighted by Crippen LogP contribution is 2.20. The molecule has 6 heteroatoms. The van der Waals surface area contributed by atoms with E-state index in [2.05, 4.69) is 10.4 Å². The lowest BCUT2D eigenvalue weighted by atomic mass is 10.0. The van der Waals surface area contributed by atoms with Crippen LogP contribution in [0.2, 0.25) is 0 Å². The predicted octanol–water partition coefficient (Wildman–Crippen LogP) is 3.11. The molecule has 0 aliphatic carbocycles. The van der Waals surface area contributed by atoms with Crippen molar-refractivity contribution in [1.29, 1.82) is 0 Å². The van der Waals surface area contributed by atoms with Gasteiger partial charge >= 0.3 is 0 Å². The molecule has 0 spiro atoms. The van der Waals surface area contributed by atoms with E-state index in [1.807, 2.05) is 80.6 Å². The fourth-order valence-corrected chi connectivity index (χ4v) is 3.16. The number of ether oxygens (including phenoxy) is 1. The second-order valence-corrected chi connectivity index (χ2v) is 6.99. The third kappa shape index (κ3) is 4.58. The van der Waals surface area contributed by atoms with E-state index in [0.29, 0.717) is 6.54 Å². The van der Waals surface area contributed by atoms with Crippen LogP contribution in [-0.4, -0.2) is 41.8 Å². The first kappa shape index (κ1) is 19.6. The standard InChI is InChI=1S/C22H26N4O2/c1-16-7-5-8-18(11-16)21(25(2)3)22(27)23-13-17-14-24-26(15-17)19-9-6-10-20(12-19)28-4/h5-12,14-15,21H,13H2,1-4H3,(H,23,27)/t21-/m1/s1. The van der Waals surface area contributed by atoms with E-state index in [1.165, 1.54) is 0 Å². The zero-order valence-electron chi connectivity index (χ0n) is 16.7. The van der Waals surface area contributed by atoms with E-state index < -0.39 is 0 Å². The van der Waals surface area contributed by atoms with Crippen molar-refractivity contribution in [3.63, 3.8) is 0 Å². The van der Waals surface area contributed by atoms with E-state index >= 15 is 0 Å². The molecule has 1 atom stereocenters. The molecule has 1 N–H and O–H groups in total. The molecule has 2 aromatic carbocycles. The van der Waals surface area contributed by atoms with Gasteiger partial charge in [-0.2, -0.15) is 5.10 Å². The molecule has 0 aliphatic rings. The van der Waals surface area contributed by atoms with Crippen molar-refractivity contribution >= 4 is 5.91 Å². The smallest absolute Gasteiger partial charge is 0.242 e. The van der Waals surface area contributed by atoms with Gasteiger partial charge in [-0.3, -0.25) is 9.69 Å². The SMILES string of the molecule is COc1cccc(-n2cc(CNC(=O)[C@@H](c3cccc(C)c3)N(C)C)cn2)c1. The van der Waals surface area contributed by atoms with Gasteiger partial charge in [-0.05, 0) is 38.7 Å². The lowest BCUT2D eigenvalue weighted by Crippen LogP contribution is -2.36. The monoisotopic (exact) mass is 378 g/mol. The summed E-state index contributed by atoms with van der Waals surface area (Å²) in [5.41, 5.74) is 3.95. The van der Waals surface area contributed by atoms with Crippen LogP contribution in [0.5, 0.6) is 5.75 Å². The summed E-state index contributed by atoms with van der Waals surface area (Å²) in [6.07, 6.45) is 3.67. The van der Waals surface area contributed by atoms with Crippen molar-refractivity contribution in [3.8, 4) is 11.4 Å². The molecule has 28 heavy (non-hydrogen) atoms. The fraction of sp³-hybridized carbons (Fsp3) is 0.273. The van der Waals surface area contributed by atoms with Crippen molar-refractivity contribution in [2.75, 3.05) is 21.2 Å². The first-order valence-electron chi connectivity index (χ1n) is 9.16. The number of aryl methyl sites for hydroxylation is 1. The van der Waals surface area contributed by atoms with Crippen LogP contribution in [-0.2, 0) is 11.3 Å². The molecule has 0 aliphatic heterocycles. The highest BCUT2D eigenvalue weighted by Gasteiger charge is 2.22. The molecule has 0 saturated carbocycles. The van der Waals surface area contributed by atoms with Crippen LogP contribution < -0.4 is 10.1 Å². The minimum Gasteiger partial charge on any atom is -0.497 e. The topological polar surface area (TPSA) is 59.4 Å². The van der Waals surface area contributed by atoms with Gasteiger partial charge in [-0.1, -0.05) is 35.9 Å². The molecule has 0 radical (unpaired) electrons. The Hall–Kier alpha value is -3.12. The number of hydrogen-bond donors (Lipinski definition) is 1. The predicted molar refractivity (Wildman–Crippen MR) is 110 cm³/mol. The Morgan fingerprint density at radius 3 is 2.71 bits per heavy atom. The number of rotatable bonds is 7. The number of amides is 1. The van der Waals surface area contributed by atoms with Crippen LogP contribution >= 0.6 is 0 Å². The largest absolute Gasteiger partial charge is 0.497 e. The number of likely N-dealkylation sites (N-methyl/N-ethyl adjacent to an activating group) is 1. The summed E-state index contributed by atoms with van der Waals surface area (Å²) in [5, 5.41) is 7.42. The zero-order chi connectivity index (χ0) is 20.1.